The van der Waals surface area contributed by atoms with Gasteiger partial charge in [-0.15, -0.1) is 6.42 Å². The zero-order valence-electron chi connectivity index (χ0n) is 13.2. The number of hydrogen-bond donors (Lipinski definition) is 0. The molecule has 0 fully saturated rings. The van der Waals surface area contributed by atoms with Crippen LogP contribution in [-0.2, 0) is 22.4 Å². The van der Waals surface area contributed by atoms with Crippen molar-refractivity contribution in [2.75, 3.05) is 6.61 Å². The SMILES string of the molecule is C#CC(=O)N(Cc1ccc(-c2noc(C(F)(F)F)n2)cc1)OCCC. The van der Waals surface area contributed by atoms with E-state index in [2.05, 4.69) is 14.7 Å². The number of nitrogens with zero attached hydrogens (tertiary/aromatic N) is 3. The lowest BCUT2D eigenvalue weighted by molar-refractivity contribution is -0.183. The second kappa shape index (κ2) is 7.81. The Kier molecular flexibility index (Phi) is 5.77. The number of aromatic nitrogens is 2. The molecule has 0 aliphatic rings. The summed E-state index contributed by atoms with van der Waals surface area (Å²) in [6.07, 6.45) is 1.10. The lowest BCUT2D eigenvalue weighted by Crippen LogP contribution is -2.29. The van der Waals surface area contributed by atoms with Crippen molar-refractivity contribution in [2.45, 2.75) is 26.1 Å². The van der Waals surface area contributed by atoms with Crippen LogP contribution in [-0.4, -0.2) is 27.7 Å². The summed E-state index contributed by atoms with van der Waals surface area (Å²) in [7, 11) is 0. The van der Waals surface area contributed by atoms with E-state index < -0.39 is 18.0 Å². The Hall–Kier alpha value is -2.86. The van der Waals surface area contributed by atoms with Gasteiger partial charge in [0.1, 0.15) is 0 Å². The lowest BCUT2D eigenvalue weighted by atomic mass is 10.1. The van der Waals surface area contributed by atoms with E-state index in [-0.39, 0.29) is 12.4 Å². The van der Waals surface area contributed by atoms with E-state index in [1.165, 1.54) is 12.1 Å². The van der Waals surface area contributed by atoms with Crippen LogP contribution in [0.4, 0.5) is 13.2 Å². The van der Waals surface area contributed by atoms with Crippen LogP contribution in [0.2, 0.25) is 0 Å². The summed E-state index contributed by atoms with van der Waals surface area (Å²) >= 11 is 0. The largest absolute Gasteiger partial charge is 0.471 e. The van der Waals surface area contributed by atoms with Crippen molar-refractivity contribution in [3.8, 4) is 23.7 Å². The smallest absolute Gasteiger partial charge is 0.329 e. The van der Waals surface area contributed by atoms with E-state index in [1.807, 2.05) is 12.8 Å². The van der Waals surface area contributed by atoms with E-state index in [1.54, 1.807) is 12.1 Å². The van der Waals surface area contributed by atoms with Gasteiger partial charge in [0.15, 0.2) is 0 Å². The van der Waals surface area contributed by atoms with Gasteiger partial charge in [0.2, 0.25) is 5.82 Å². The molecule has 1 aromatic carbocycles. The highest BCUT2D eigenvalue weighted by atomic mass is 19.4. The van der Waals surface area contributed by atoms with Crippen LogP contribution in [0, 0.1) is 12.3 Å². The molecule has 9 heteroatoms. The first-order chi connectivity index (χ1) is 11.8. The first kappa shape index (κ1) is 18.5. The second-order valence-electron chi connectivity index (χ2n) is 4.94. The Morgan fingerprint density at radius 1 is 1.36 bits per heavy atom. The fourth-order valence-corrected chi connectivity index (χ4v) is 1.83. The third-order valence-corrected chi connectivity index (χ3v) is 3.01. The maximum Gasteiger partial charge on any atom is 0.471 e. The van der Waals surface area contributed by atoms with Gasteiger partial charge in [-0.3, -0.25) is 9.63 Å². The predicted octanol–water partition coefficient (Wildman–Crippen LogP) is 3.06. The van der Waals surface area contributed by atoms with Gasteiger partial charge in [-0.2, -0.15) is 18.2 Å². The van der Waals surface area contributed by atoms with Gasteiger partial charge in [-0.25, -0.2) is 5.06 Å². The third-order valence-electron chi connectivity index (χ3n) is 3.01. The quantitative estimate of drug-likeness (QED) is 0.590. The standard InChI is InChI=1S/C16H14F3N3O3/c1-3-9-24-22(13(23)4-2)10-11-5-7-12(8-6-11)14-20-15(25-21-14)16(17,18)19/h2,5-8H,3,9-10H2,1H3. The van der Waals surface area contributed by atoms with Crippen molar-refractivity contribution in [1.29, 1.82) is 0 Å². The summed E-state index contributed by atoms with van der Waals surface area (Å²) < 4.78 is 41.6. The first-order valence-electron chi connectivity index (χ1n) is 7.26. The van der Waals surface area contributed by atoms with Gasteiger partial charge in [0, 0.05) is 5.56 Å². The van der Waals surface area contributed by atoms with Gasteiger partial charge in [-0.05, 0) is 17.9 Å². The fraction of sp³-hybridized carbons (Fsp3) is 0.312. The number of hydroxylamine groups is 2. The number of alkyl halides is 3. The molecule has 6 nitrogen and oxygen atoms in total. The molecule has 0 aliphatic heterocycles. The third kappa shape index (κ3) is 4.81. The lowest BCUT2D eigenvalue weighted by Gasteiger charge is -2.19. The number of terminal acetylenes is 1. The Balaban J connectivity index is 2.12. The normalized spacial score (nSPS) is 11.2. The zero-order valence-corrected chi connectivity index (χ0v) is 13.2. The van der Waals surface area contributed by atoms with Gasteiger partial charge in [0.25, 0.3) is 0 Å². The van der Waals surface area contributed by atoms with Gasteiger partial charge in [-0.1, -0.05) is 36.3 Å². The first-order valence-corrected chi connectivity index (χ1v) is 7.26. The van der Waals surface area contributed by atoms with Crippen LogP contribution >= 0.6 is 0 Å². The van der Waals surface area contributed by atoms with Crippen LogP contribution in [0.25, 0.3) is 11.4 Å². The highest BCUT2D eigenvalue weighted by Crippen LogP contribution is 2.29. The van der Waals surface area contributed by atoms with Crippen molar-refractivity contribution in [2.24, 2.45) is 0 Å². The molecule has 0 spiro atoms. The number of hydrogen-bond acceptors (Lipinski definition) is 5. The van der Waals surface area contributed by atoms with Crippen molar-refractivity contribution >= 4 is 5.91 Å². The molecule has 0 bridgehead atoms. The molecule has 132 valence electrons. The summed E-state index contributed by atoms with van der Waals surface area (Å²) in [6.45, 7) is 2.31. The minimum atomic E-state index is -4.70. The number of carbonyl (C=O) groups is 1. The molecule has 0 unspecified atom stereocenters. The van der Waals surface area contributed by atoms with Crippen LogP contribution in [0.5, 0.6) is 0 Å². The summed E-state index contributed by atoms with van der Waals surface area (Å²) in [5.74, 6) is -0.243. The molecule has 2 rings (SSSR count). The molecule has 1 amide bonds. The van der Waals surface area contributed by atoms with E-state index in [0.29, 0.717) is 24.2 Å². The van der Waals surface area contributed by atoms with Gasteiger partial charge in [0.05, 0.1) is 13.2 Å². The number of amides is 1. The molecule has 0 saturated carbocycles. The summed E-state index contributed by atoms with van der Waals surface area (Å²) in [5.41, 5.74) is 1.01. The molecule has 25 heavy (non-hydrogen) atoms. The van der Waals surface area contributed by atoms with Crippen LogP contribution in [0.15, 0.2) is 28.8 Å². The monoisotopic (exact) mass is 353 g/mol. The molecule has 0 saturated heterocycles. The molecule has 2 aromatic rings. The van der Waals surface area contributed by atoms with E-state index in [9.17, 15) is 18.0 Å². The Morgan fingerprint density at radius 3 is 2.56 bits per heavy atom. The highest BCUT2D eigenvalue weighted by Gasteiger charge is 2.38. The van der Waals surface area contributed by atoms with Crippen molar-refractivity contribution in [1.82, 2.24) is 15.2 Å². The maximum absolute atomic E-state index is 12.5. The molecular formula is C16H14F3N3O3. The maximum atomic E-state index is 12.5. The topological polar surface area (TPSA) is 68.5 Å². The van der Waals surface area contributed by atoms with E-state index >= 15 is 0 Å². The van der Waals surface area contributed by atoms with Crippen molar-refractivity contribution in [3.63, 3.8) is 0 Å². The minimum absolute atomic E-state index is 0.101. The minimum Gasteiger partial charge on any atom is -0.329 e. The second-order valence-corrected chi connectivity index (χ2v) is 4.94. The van der Waals surface area contributed by atoms with Gasteiger partial charge < -0.3 is 4.52 Å². The Bertz CT molecular complexity index is 763. The van der Waals surface area contributed by atoms with Crippen LogP contribution < -0.4 is 0 Å². The molecule has 0 aliphatic carbocycles. The highest BCUT2D eigenvalue weighted by molar-refractivity contribution is 5.92. The fourth-order valence-electron chi connectivity index (χ4n) is 1.83. The Labute approximate surface area is 141 Å². The number of benzene rings is 1. The number of halogens is 3. The van der Waals surface area contributed by atoms with Crippen LogP contribution in [0.3, 0.4) is 0 Å². The molecule has 0 N–H and O–H groups in total. The van der Waals surface area contributed by atoms with Crippen LogP contribution in [0.1, 0.15) is 24.8 Å². The number of carbonyl (C=O) groups excluding carboxylic acids is 1. The van der Waals surface area contributed by atoms with E-state index in [0.717, 1.165) is 5.06 Å². The molecular weight excluding hydrogens is 339 g/mol. The summed E-state index contributed by atoms with van der Waals surface area (Å²) in [5, 5.41) is 4.35. The molecule has 1 heterocycles. The predicted molar refractivity (Wildman–Crippen MR) is 80.4 cm³/mol. The molecule has 0 atom stereocenters. The molecule has 0 radical (unpaired) electrons. The summed E-state index contributed by atoms with van der Waals surface area (Å²) in [4.78, 5) is 20.2. The number of rotatable bonds is 6. The average Bonchev–Trinajstić information content (AvgIpc) is 3.09. The van der Waals surface area contributed by atoms with Gasteiger partial charge >= 0.3 is 18.0 Å². The van der Waals surface area contributed by atoms with E-state index in [4.69, 9.17) is 11.3 Å². The van der Waals surface area contributed by atoms with Crippen molar-refractivity contribution in [3.05, 3.63) is 35.7 Å². The summed E-state index contributed by atoms with van der Waals surface area (Å²) in [6, 6.07) is 6.23. The van der Waals surface area contributed by atoms with Crippen molar-refractivity contribution < 1.29 is 27.3 Å². The average molecular weight is 353 g/mol. The Morgan fingerprint density at radius 2 is 2.04 bits per heavy atom. The zero-order chi connectivity index (χ0) is 18.4. The molecule has 1 aromatic heterocycles.